The van der Waals surface area contributed by atoms with E-state index in [4.69, 9.17) is 0 Å². The van der Waals surface area contributed by atoms with E-state index in [0.29, 0.717) is 0 Å². The van der Waals surface area contributed by atoms with Crippen molar-refractivity contribution in [3.8, 4) is 0 Å². The molecule has 0 saturated heterocycles. The Labute approximate surface area is 83.1 Å². The normalized spacial score (nSPS) is 45.5. The third kappa shape index (κ3) is 1.25. The third-order valence-corrected chi connectivity index (χ3v) is 5.28. The van der Waals surface area contributed by atoms with E-state index >= 15 is 0 Å². The highest BCUT2D eigenvalue weighted by atomic mass is 14.6. The van der Waals surface area contributed by atoms with Crippen molar-refractivity contribution in [1.29, 1.82) is 0 Å². The van der Waals surface area contributed by atoms with Gasteiger partial charge in [0.05, 0.1) is 0 Å². The maximum Gasteiger partial charge on any atom is -0.0243 e. The van der Waals surface area contributed by atoms with Crippen molar-refractivity contribution in [3.63, 3.8) is 0 Å². The molecule has 76 valence electrons. The third-order valence-electron chi connectivity index (χ3n) is 5.28. The van der Waals surface area contributed by atoms with Crippen molar-refractivity contribution in [3.05, 3.63) is 0 Å². The second-order valence-electron chi connectivity index (χ2n) is 5.48. The van der Waals surface area contributed by atoms with Crippen molar-refractivity contribution < 1.29 is 0 Å². The Morgan fingerprint density at radius 2 is 2.08 bits per heavy atom. The van der Waals surface area contributed by atoms with Crippen LogP contribution in [0, 0.1) is 23.2 Å². The first-order valence-electron chi connectivity index (χ1n) is 6.23. The molecule has 2 aliphatic carbocycles. The van der Waals surface area contributed by atoms with Crippen LogP contribution in [-0.4, -0.2) is 0 Å². The SMILES string of the molecule is CCC(C)C1(CC)CC2CCC1C2. The second-order valence-corrected chi connectivity index (χ2v) is 5.48. The molecular formula is C13H24. The van der Waals surface area contributed by atoms with E-state index in [1.54, 1.807) is 25.7 Å². The molecule has 0 aromatic heterocycles. The van der Waals surface area contributed by atoms with Crippen LogP contribution in [0.5, 0.6) is 0 Å². The van der Waals surface area contributed by atoms with E-state index in [1.807, 2.05) is 0 Å². The van der Waals surface area contributed by atoms with Gasteiger partial charge in [-0.1, -0.05) is 33.6 Å². The fourth-order valence-corrected chi connectivity index (χ4v) is 4.28. The molecule has 0 aliphatic heterocycles. The van der Waals surface area contributed by atoms with Gasteiger partial charge in [-0.15, -0.1) is 0 Å². The molecule has 0 radical (unpaired) electrons. The predicted octanol–water partition coefficient (Wildman–Crippen LogP) is 4.25. The molecule has 0 aromatic carbocycles. The fraction of sp³-hybridized carbons (Fsp3) is 1.00. The van der Waals surface area contributed by atoms with Crippen LogP contribution >= 0.6 is 0 Å². The van der Waals surface area contributed by atoms with Crippen LogP contribution < -0.4 is 0 Å². The van der Waals surface area contributed by atoms with Crippen LogP contribution in [0.3, 0.4) is 0 Å². The summed E-state index contributed by atoms with van der Waals surface area (Å²) in [6.07, 6.45) is 9.04. The topological polar surface area (TPSA) is 0 Å². The van der Waals surface area contributed by atoms with Crippen molar-refractivity contribution in [2.75, 3.05) is 0 Å². The van der Waals surface area contributed by atoms with Crippen molar-refractivity contribution in [2.45, 2.75) is 59.3 Å². The first-order chi connectivity index (χ1) is 6.23. The molecule has 0 spiro atoms. The van der Waals surface area contributed by atoms with E-state index in [0.717, 1.165) is 23.2 Å². The summed E-state index contributed by atoms with van der Waals surface area (Å²) >= 11 is 0. The van der Waals surface area contributed by atoms with Gasteiger partial charge in [0.1, 0.15) is 0 Å². The fourth-order valence-electron chi connectivity index (χ4n) is 4.28. The lowest BCUT2D eigenvalue weighted by Crippen LogP contribution is -2.33. The van der Waals surface area contributed by atoms with Gasteiger partial charge in [-0.2, -0.15) is 0 Å². The van der Waals surface area contributed by atoms with Crippen molar-refractivity contribution >= 4 is 0 Å². The van der Waals surface area contributed by atoms with E-state index in [9.17, 15) is 0 Å². The van der Waals surface area contributed by atoms with E-state index in [2.05, 4.69) is 20.8 Å². The Hall–Kier alpha value is 0. The molecule has 4 atom stereocenters. The highest BCUT2D eigenvalue weighted by Gasteiger charge is 2.51. The highest BCUT2D eigenvalue weighted by molar-refractivity contribution is 5.01. The molecule has 2 fully saturated rings. The summed E-state index contributed by atoms with van der Waals surface area (Å²) in [5, 5.41) is 0. The Morgan fingerprint density at radius 3 is 2.46 bits per heavy atom. The molecule has 2 saturated carbocycles. The zero-order valence-corrected chi connectivity index (χ0v) is 9.47. The van der Waals surface area contributed by atoms with Crippen LogP contribution in [-0.2, 0) is 0 Å². The lowest BCUT2D eigenvalue weighted by Gasteiger charge is -2.42. The molecule has 4 unspecified atom stereocenters. The molecule has 0 N–H and O–H groups in total. The number of fused-ring (bicyclic) bond motifs is 2. The molecule has 0 nitrogen and oxygen atoms in total. The zero-order chi connectivity index (χ0) is 9.47. The molecule has 0 heterocycles. The van der Waals surface area contributed by atoms with Crippen LogP contribution in [0.4, 0.5) is 0 Å². The van der Waals surface area contributed by atoms with Gasteiger partial charge in [0.15, 0.2) is 0 Å². The standard InChI is InChI=1S/C13H24/c1-4-10(3)13(5-2)9-11-6-7-12(13)8-11/h10-12H,4-9H2,1-3H3. The Balaban J connectivity index is 2.16. The maximum absolute atomic E-state index is 2.49. The van der Waals surface area contributed by atoms with Gasteiger partial charge in [-0.05, 0) is 48.9 Å². The Bertz CT molecular complexity index is 184. The molecule has 0 aromatic rings. The molecule has 0 amide bonds. The maximum atomic E-state index is 2.49. The van der Waals surface area contributed by atoms with E-state index in [-0.39, 0.29) is 0 Å². The van der Waals surface area contributed by atoms with E-state index in [1.165, 1.54) is 12.8 Å². The van der Waals surface area contributed by atoms with Gasteiger partial charge in [0, 0.05) is 0 Å². The van der Waals surface area contributed by atoms with Gasteiger partial charge < -0.3 is 0 Å². The Kier molecular flexibility index (Phi) is 2.42. The smallest absolute Gasteiger partial charge is 0.0243 e. The van der Waals surface area contributed by atoms with Crippen LogP contribution in [0.1, 0.15) is 59.3 Å². The van der Waals surface area contributed by atoms with E-state index < -0.39 is 0 Å². The second kappa shape index (κ2) is 3.29. The largest absolute Gasteiger partial charge is 0.0651 e. The van der Waals surface area contributed by atoms with Gasteiger partial charge in [0.2, 0.25) is 0 Å². The predicted molar refractivity (Wildman–Crippen MR) is 57.6 cm³/mol. The minimum Gasteiger partial charge on any atom is -0.0651 e. The van der Waals surface area contributed by atoms with Crippen LogP contribution in [0.25, 0.3) is 0 Å². The summed E-state index contributed by atoms with van der Waals surface area (Å²) < 4.78 is 0. The quantitative estimate of drug-likeness (QED) is 0.609. The molecule has 2 rings (SSSR count). The molecule has 13 heavy (non-hydrogen) atoms. The van der Waals surface area contributed by atoms with Crippen molar-refractivity contribution in [1.82, 2.24) is 0 Å². The van der Waals surface area contributed by atoms with Gasteiger partial charge in [-0.25, -0.2) is 0 Å². The molecular weight excluding hydrogens is 156 g/mol. The summed E-state index contributed by atoms with van der Waals surface area (Å²) in [6, 6.07) is 0. The van der Waals surface area contributed by atoms with Crippen LogP contribution in [0.15, 0.2) is 0 Å². The number of hydrogen-bond donors (Lipinski definition) is 0. The average molecular weight is 180 g/mol. The zero-order valence-electron chi connectivity index (χ0n) is 9.47. The van der Waals surface area contributed by atoms with Gasteiger partial charge >= 0.3 is 0 Å². The minimum absolute atomic E-state index is 0.762. The summed E-state index contributed by atoms with van der Waals surface area (Å²) in [4.78, 5) is 0. The van der Waals surface area contributed by atoms with Crippen LogP contribution in [0.2, 0.25) is 0 Å². The first kappa shape index (κ1) is 9.55. The lowest BCUT2D eigenvalue weighted by atomic mass is 9.63. The van der Waals surface area contributed by atoms with Gasteiger partial charge in [0.25, 0.3) is 0 Å². The monoisotopic (exact) mass is 180 g/mol. The molecule has 0 heteroatoms. The molecule has 2 bridgehead atoms. The first-order valence-corrected chi connectivity index (χ1v) is 6.23. The summed E-state index contributed by atoms with van der Waals surface area (Å²) in [5.74, 6) is 3.17. The Morgan fingerprint density at radius 1 is 1.31 bits per heavy atom. The summed E-state index contributed by atoms with van der Waals surface area (Å²) in [5.41, 5.74) is 0.762. The number of rotatable bonds is 3. The average Bonchev–Trinajstić information content (AvgIpc) is 2.75. The van der Waals surface area contributed by atoms with Crippen molar-refractivity contribution in [2.24, 2.45) is 23.2 Å². The minimum atomic E-state index is 0.762. The lowest BCUT2D eigenvalue weighted by molar-refractivity contribution is 0.0762. The summed E-state index contributed by atoms with van der Waals surface area (Å²) in [7, 11) is 0. The number of hydrogen-bond acceptors (Lipinski definition) is 0. The van der Waals surface area contributed by atoms with Gasteiger partial charge in [-0.3, -0.25) is 0 Å². The summed E-state index contributed by atoms with van der Waals surface area (Å²) in [6.45, 7) is 7.28. The molecule has 2 aliphatic rings. The highest BCUT2D eigenvalue weighted by Crippen LogP contribution is 2.61.